The van der Waals surface area contributed by atoms with Gasteiger partial charge in [0.05, 0.1) is 15.1 Å². The zero-order valence-electron chi connectivity index (χ0n) is 12.8. The van der Waals surface area contributed by atoms with Gasteiger partial charge in [0.1, 0.15) is 0 Å². The highest BCUT2D eigenvalue weighted by atomic mass is 127. The molecule has 9 heteroatoms. The Balaban J connectivity index is 0.000000189. The average molecular weight is 476 g/mol. The van der Waals surface area contributed by atoms with Gasteiger partial charge in [0.2, 0.25) is 0 Å². The maximum atomic E-state index is 12.7. The SMILES string of the molecule is O=C([O-])c1c(F)c(F)c(I)c(F)c1F.c1cc(-c2cc[nH+]cc2)ccn1. The van der Waals surface area contributed by atoms with Crippen molar-refractivity contribution < 1.29 is 32.4 Å². The molecule has 0 saturated heterocycles. The van der Waals surface area contributed by atoms with Crippen LogP contribution in [0.25, 0.3) is 11.1 Å². The Morgan fingerprint density at radius 2 is 1.35 bits per heavy atom. The van der Waals surface area contributed by atoms with Gasteiger partial charge in [-0.15, -0.1) is 0 Å². The van der Waals surface area contributed by atoms with Crippen molar-refractivity contribution in [2.24, 2.45) is 0 Å². The lowest BCUT2D eigenvalue weighted by molar-refractivity contribution is -0.377. The number of benzene rings is 1. The van der Waals surface area contributed by atoms with E-state index in [2.05, 4.69) is 9.97 Å². The van der Waals surface area contributed by atoms with Gasteiger partial charge < -0.3 is 9.90 Å². The minimum atomic E-state index is -2.31. The number of aromatic amines is 1. The first-order valence-corrected chi connectivity index (χ1v) is 8.01. The Morgan fingerprint density at radius 1 is 0.885 bits per heavy atom. The monoisotopic (exact) mass is 476 g/mol. The van der Waals surface area contributed by atoms with Crippen molar-refractivity contribution in [3.63, 3.8) is 0 Å². The van der Waals surface area contributed by atoms with Crippen molar-refractivity contribution >= 4 is 28.6 Å². The lowest BCUT2D eigenvalue weighted by Crippen LogP contribution is -2.26. The van der Waals surface area contributed by atoms with Crippen molar-refractivity contribution in [3.05, 3.63) is 81.5 Å². The number of nitrogens with one attached hydrogen (secondary N) is 1. The number of halogens is 5. The number of hydrogen-bond acceptors (Lipinski definition) is 3. The first-order valence-electron chi connectivity index (χ1n) is 6.93. The lowest BCUT2D eigenvalue weighted by Gasteiger charge is -2.08. The number of nitrogens with zero attached hydrogens (tertiary/aromatic N) is 1. The Hall–Kier alpha value is -2.56. The molecule has 1 aromatic carbocycles. The molecular formula is C17H9F4IN2O2. The van der Waals surface area contributed by atoms with Crippen LogP contribution in [0, 0.1) is 26.8 Å². The van der Waals surface area contributed by atoms with Crippen LogP contribution in [0.15, 0.2) is 49.1 Å². The number of carboxylic acid groups (broad SMARTS) is 1. The third-order valence-corrected chi connectivity index (χ3v) is 4.09. The molecule has 0 amide bonds. The summed E-state index contributed by atoms with van der Waals surface area (Å²) in [7, 11) is 0. The van der Waals surface area contributed by atoms with E-state index in [1.165, 1.54) is 11.1 Å². The van der Waals surface area contributed by atoms with Crippen LogP contribution < -0.4 is 10.1 Å². The molecule has 1 N–H and O–H groups in total. The van der Waals surface area contributed by atoms with Gasteiger partial charge in [-0.1, -0.05) is 0 Å². The van der Waals surface area contributed by atoms with E-state index in [1.54, 1.807) is 12.4 Å². The molecule has 3 rings (SSSR count). The summed E-state index contributed by atoms with van der Waals surface area (Å²) in [5.41, 5.74) is 0.663. The van der Waals surface area contributed by atoms with Gasteiger partial charge in [0.15, 0.2) is 35.7 Å². The Bertz CT molecular complexity index is 859. The van der Waals surface area contributed by atoms with Crippen LogP contribution in [0.2, 0.25) is 0 Å². The van der Waals surface area contributed by atoms with Gasteiger partial charge in [-0.3, -0.25) is 4.98 Å². The first-order chi connectivity index (χ1) is 12.3. The van der Waals surface area contributed by atoms with Crippen LogP contribution >= 0.6 is 22.6 Å². The summed E-state index contributed by atoms with van der Waals surface area (Å²) in [5, 5.41) is 10.1. The van der Waals surface area contributed by atoms with E-state index in [0.29, 0.717) is 0 Å². The zero-order valence-corrected chi connectivity index (χ0v) is 14.9. The summed E-state index contributed by atoms with van der Waals surface area (Å²) < 4.78 is 50.0. The van der Waals surface area contributed by atoms with E-state index in [1.807, 2.05) is 36.7 Å². The van der Waals surface area contributed by atoms with Gasteiger partial charge in [0, 0.05) is 24.5 Å². The van der Waals surface area contributed by atoms with Crippen molar-refractivity contribution in [2.45, 2.75) is 0 Å². The largest absolute Gasteiger partial charge is 0.545 e. The fraction of sp³-hybridized carbons (Fsp3) is 0. The fourth-order valence-electron chi connectivity index (χ4n) is 1.91. The summed E-state index contributed by atoms with van der Waals surface area (Å²) in [6.45, 7) is 0. The second-order valence-corrected chi connectivity index (χ2v) is 5.84. The molecule has 3 aromatic rings. The van der Waals surface area contributed by atoms with Gasteiger partial charge in [0.25, 0.3) is 0 Å². The average Bonchev–Trinajstić information content (AvgIpc) is 2.66. The second kappa shape index (κ2) is 8.70. The molecule has 2 aromatic heterocycles. The van der Waals surface area contributed by atoms with Crippen LogP contribution in [0.4, 0.5) is 17.6 Å². The molecular weight excluding hydrogens is 467 g/mol. The minimum absolute atomic E-state index is 0.942. The second-order valence-electron chi connectivity index (χ2n) is 4.76. The van der Waals surface area contributed by atoms with E-state index < -0.39 is 38.4 Å². The molecule has 0 spiro atoms. The standard InChI is InChI=1S/C10H8N2.C7HF4IO2/c1-5-11-6-2-9(1)10-3-7-12-8-4-10;8-2-1(7(13)14)3(9)5(11)6(12)4(2)10/h1-8H;(H,13,14). The third-order valence-electron chi connectivity index (χ3n) is 3.15. The highest BCUT2D eigenvalue weighted by Crippen LogP contribution is 2.24. The van der Waals surface area contributed by atoms with Crippen molar-refractivity contribution in [1.82, 2.24) is 4.98 Å². The van der Waals surface area contributed by atoms with Crippen molar-refractivity contribution in [1.29, 1.82) is 0 Å². The molecule has 0 radical (unpaired) electrons. The van der Waals surface area contributed by atoms with Gasteiger partial charge >= 0.3 is 0 Å². The molecule has 0 aliphatic carbocycles. The Labute approximate surface area is 158 Å². The molecule has 4 nitrogen and oxygen atoms in total. The highest BCUT2D eigenvalue weighted by Gasteiger charge is 2.24. The lowest BCUT2D eigenvalue weighted by atomic mass is 10.1. The van der Waals surface area contributed by atoms with Crippen LogP contribution in [0.5, 0.6) is 0 Å². The Kier molecular flexibility index (Phi) is 6.61. The van der Waals surface area contributed by atoms with Crippen molar-refractivity contribution in [3.8, 4) is 11.1 Å². The normalized spacial score (nSPS) is 10.0. The van der Waals surface area contributed by atoms with E-state index in [0.717, 1.165) is 22.6 Å². The van der Waals surface area contributed by atoms with Gasteiger partial charge in [-0.25, -0.2) is 22.5 Å². The predicted octanol–water partition coefficient (Wildman–Crippen LogP) is 2.77. The smallest absolute Gasteiger partial charge is 0.176 e. The summed E-state index contributed by atoms with van der Waals surface area (Å²) in [5.74, 6) is -9.73. The summed E-state index contributed by atoms with van der Waals surface area (Å²) in [6.07, 6.45) is 7.42. The summed E-state index contributed by atoms with van der Waals surface area (Å²) in [4.78, 5) is 17.1. The van der Waals surface area contributed by atoms with E-state index in [-0.39, 0.29) is 0 Å². The molecule has 0 aliphatic heterocycles. The molecule has 0 atom stereocenters. The number of aromatic carboxylic acids is 1. The molecule has 2 heterocycles. The zero-order chi connectivity index (χ0) is 19.3. The molecule has 26 heavy (non-hydrogen) atoms. The first kappa shape index (κ1) is 19.8. The number of aromatic nitrogens is 2. The Morgan fingerprint density at radius 3 is 1.81 bits per heavy atom. The topological polar surface area (TPSA) is 67.2 Å². The van der Waals surface area contributed by atoms with Crippen LogP contribution in [-0.4, -0.2) is 11.0 Å². The fourth-order valence-corrected chi connectivity index (χ4v) is 2.38. The van der Waals surface area contributed by atoms with Crippen LogP contribution in [0.1, 0.15) is 10.4 Å². The van der Waals surface area contributed by atoms with E-state index in [9.17, 15) is 27.5 Å². The van der Waals surface area contributed by atoms with Gasteiger partial charge in [-0.2, -0.15) is 0 Å². The number of carbonyl (C=O) groups is 1. The van der Waals surface area contributed by atoms with E-state index >= 15 is 0 Å². The third kappa shape index (κ3) is 4.34. The number of carboxylic acids is 1. The van der Waals surface area contributed by atoms with Crippen LogP contribution in [0.3, 0.4) is 0 Å². The highest BCUT2D eigenvalue weighted by molar-refractivity contribution is 14.1. The van der Waals surface area contributed by atoms with Crippen LogP contribution in [-0.2, 0) is 0 Å². The molecule has 0 saturated carbocycles. The van der Waals surface area contributed by atoms with E-state index in [4.69, 9.17) is 0 Å². The van der Waals surface area contributed by atoms with Crippen molar-refractivity contribution in [2.75, 3.05) is 0 Å². The number of hydrogen-bond donors (Lipinski definition) is 0. The molecule has 0 unspecified atom stereocenters. The molecule has 0 fully saturated rings. The number of pyridine rings is 2. The molecule has 134 valence electrons. The minimum Gasteiger partial charge on any atom is -0.545 e. The predicted molar refractivity (Wildman–Crippen MR) is 89.6 cm³/mol. The number of rotatable bonds is 2. The number of H-pyrrole nitrogens is 1. The molecule has 0 aliphatic rings. The maximum absolute atomic E-state index is 12.7. The maximum Gasteiger partial charge on any atom is 0.176 e. The van der Waals surface area contributed by atoms with Gasteiger partial charge in [-0.05, 0) is 45.9 Å². The summed E-state index contributed by atoms with van der Waals surface area (Å²) in [6, 6.07) is 8.06. The molecule has 0 bridgehead atoms. The number of carbonyl (C=O) groups excluding carboxylic acids is 1. The quantitative estimate of drug-likeness (QED) is 0.248. The summed E-state index contributed by atoms with van der Waals surface area (Å²) >= 11 is 1.02.